The minimum Gasteiger partial charge on any atom is -0.152 e. The molecule has 0 aliphatic carbocycles. The Bertz CT molecular complexity index is 401. The normalized spacial score (nSPS) is 16.3. The van der Waals surface area contributed by atoms with Crippen LogP contribution in [0.4, 0.5) is 0 Å². The zero-order valence-corrected chi connectivity index (χ0v) is 9.15. The molecule has 0 N–H and O–H groups in total. The zero-order valence-electron chi connectivity index (χ0n) is 10.3. The Kier molecular flexibility index (Phi) is 3.00. The molecule has 0 aliphatic heterocycles. The fraction of sp³-hybridized carbons (Fsp3) is 0.143. The van der Waals surface area contributed by atoms with E-state index in [1.807, 2.05) is 60.7 Å². The van der Waals surface area contributed by atoms with E-state index >= 15 is 0 Å². The molecule has 2 aromatic rings. The van der Waals surface area contributed by atoms with Gasteiger partial charge in [0.15, 0.2) is 0 Å². The molecule has 76 valence electrons. The largest absolute Gasteiger partial charge is 0.152 e. The van der Waals surface area contributed by atoms with Crippen LogP contribution in [0.1, 0.15) is 13.9 Å². The number of rotatable bonds is 4. The molecule has 0 bridgehead atoms. The molecule has 0 aromatic heterocycles. The number of thioether (sulfide) groups is 1. The predicted molar refractivity (Wildman–Crippen MR) is 67.9 cm³/mol. The van der Waals surface area contributed by atoms with Gasteiger partial charge < -0.3 is 0 Å². The maximum Gasteiger partial charge on any atom is 0.0431 e. The van der Waals surface area contributed by atoms with Crippen LogP contribution in [0.15, 0.2) is 60.7 Å². The van der Waals surface area contributed by atoms with E-state index in [2.05, 4.69) is 0 Å². The van der Waals surface area contributed by atoms with E-state index in [0.717, 1.165) is 11.1 Å². The highest BCUT2D eigenvalue weighted by atomic mass is 32.2. The summed E-state index contributed by atoms with van der Waals surface area (Å²) in [4.78, 5) is 0. The molecule has 0 amide bonds. The van der Waals surface area contributed by atoms with Crippen LogP contribution in [0.2, 0.25) is 0 Å². The van der Waals surface area contributed by atoms with E-state index in [9.17, 15) is 0 Å². The van der Waals surface area contributed by atoms with Crippen LogP contribution in [0, 0.1) is 0 Å². The highest BCUT2D eigenvalue weighted by molar-refractivity contribution is 7.97. The second-order valence-corrected chi connectivity index (χ2v) is 3.94. The van der Waals surface area contributed by atoms with Crippen molar-refractivity contribution in [2.45, 2.75) is 11.5 Å². The SMILES string of the molecule is [2H]C(SC([2H])c1ccccc1)c1ccccc1. The molecule has 0 saturated heterocycles. The van der Waals surface area contributed by atoms with Gasteiger partial charge in [-0.05, 0) is 11.1 Å². The quantitative estimate of drug-likeness (QED) is 0.741. The number of benzene rings is 2. The molecule has 0 spiro atoms. The van der Waals surface area contributed by atoms with Gasteiger partial charge in [0.1, 0.15) is 0 Å². The van der Waals surface area contributed by atoms with Crippen molar-refractivity contribution in [3.63, 3.8) is 0 Å². The maximum atomic E-state index is 8.04. The van der Waals surface area contributed by atoms with Gasteiger partial charge in [-0.2, -0.15) is 11.8 Å². The summed E-state index contributed by atoms with van der Waals surface area (Å²) in [5, 5.41) is 0. The third kappa shape index (κ3) is 3.45. The average Bonchev–Trinajstić information content (AvgIpc) is 2.40. The molecule has 0 heterocycles. The van der Waals surface area contributed by atoms with Gasteiger partial charge in [0.2, 0.25) is 0 Å². The monoisotopic (exact) mass is 216 g/mol. The van der Waals surface area contributed by atoms with Gasteiger partial charge in [-0.3, -0.25) is 0 Å². The Hall–Kier alpha value is -1.21. The van der Waals surface area contributed by atoms with Crippen LogP contribution in [-0.4, -0.2) is 0 Å². The van der Waals surface area contributed by atoms with Gasteiger partial charge in [-0.15, -0.1) is 0 Å². The van der Waals surface area contributed by atoms with Crippen LogP contribution < -0.4 is 0 Å². The van der Waals surface area contributed by atoms with Crippen LogP contribution in [0.3, 0.4) is 0 Å². The molecule has 0 nitrogen and oxygen atoms in total. The van der Waals surface area contributed by atoms with Gasteiger partial charge in [-0.25, -0.2) is 0 Å². The zero-order chi connectivity index (χ0) is 12.1. The summed E-state index contributed by atoms with van der Waals surface area (Å²) in [7, 11) is 0. The Balaban J connectivity index is 2.02. The van der Waals surface area contributed by atoms with Gasteiger partial charge in [0.05, 0.1) is 0 Å². The van der Waals surface area contributed by atoms with E-state index in [4.69, 9.17) is 2.74 Å². The second-order valence-electron chi connectivity index (χ2n) is 3.19. The van der Waals surface area contributed by atoms with Crippen molar-refractivity contribution in [3.8, 4) is 0 Å². The standard InChI is InChI=1S/C14H14S/c1-3-7-13(8-4-1)11-15-12-14-9-5-2-6-10-14/h1-10H,11-12H2/i11D,12D. The van der Waals surface area contributed by atoms with E-state index in [1.165, 1.54) is 11.8 Å². The fourth-order valence-electron chi connectivity index (χ4n) is 1.25. The molecule has 2 atom stereocenters. The van der Waals surface area contributed by atoms with Crippen LogP contribution >= 0.6 is 11.8 Å². The van der Waals surface area contributed by atoms with E-state index in [-0.39, 0.29) is 0 Å². The Morgan fingerprint density at radius 1 is 0.733 bits per heavy atom. The Labute approximate surface area is 98.2 Å². The first kappa shape index (κ1) is 8.00. The van der Waals surface area contributed by atoms with Crippen molar-refractivity contribution >= 4 is 11.8 Å². The van der Waals surface area contributed by atoms with Crippen molar-refractivity contribution in [2.75, 3.05) is 0 Å². The van der Waals surface area contributed by atoms with Crippen molar-refractivity contribution < 1.29 is 2.74 Å². The van der Waals surface area contributed by atoms with Crippen LogP contribution in [-0.2, 0) is 11.5 Å². The molecule has 2 unspecified atom stereocenters. The molecule has 0 radical (unpaired) electrons. The van der Waals surface area contributed by atoms with E-state index < -0.39 is 11.5 Å². The fourth-order valence-corrected chi connectivity index (χ4v) is 1.95. The minimum absolute atomic E-state index is 0.404. The lowest BCUT2D eigenvalue weighted by Crippen LogP contribution is -1.82. The smallest absolute Gasteiger partial charge is 0.0431 e. The molecule has 2 aromatic carbocycles. The third-order valence-electron chi connectivity index (χ3n) is 2.01. The lowest BCUT2D eigenvalue weighted by molar-refractivity contribution is 1.36. The molecule has 2 rings (SSSR count). The van der Waals surface area contributed by atoms with E-state index in [1.54, 1.807) is 0 Å². The number of hydrogen-bond donors (Lipinski definition) is 0. The summed E-state index contributed by atoms with van der Waals surface area (Å²) in [6.45, 7) is 0. The molecular formula is C14H14S. The van der Waals surface area contributed by atoms with Crippen LogP contribution in [0.25, 0.3) is 0 Å². The molecule has 15 heavy (non-hydrogen) atoms. The number of hydrogen-bond acceptors (Lipinski definition) is 1. The molecular weight excluding hydrogens is 200 g/mol. The lowest BCUT2D eigenvalue weighted by atomic mass is 10.2. The Morgan fingerprint density at radius 2 is 1.13 bits per heavy atom. The lowest BCUT2D eigenvalue weighted by Gasteiger charge is -2.01. The van der Waals surface area contributed by atoms with Gasteiger partial charge >= 0.3 is 0 Å². The molecule has 0 fully saturated rings. The van der Waals surface area contributed by atoms with Gasteiger partial charge in [0.25, 0.3) is 0 Å². The predicted octanol–water partition coefficient (Wildman–Crippen LogP) is 4.12. The summed E-state index contributed by atoms with van der Waals surface area (Å²) >= 11 is 1.34. The Morgan fingerprint density at radius 3 is 1.53 bits per heavy atom. The summed E-state index contributed by atoms with van der Waals surface area (Å²) in [6.07, 6.45) is 0. The van der Waals surface area contributed by atoms with Crippen molar-refractivity contribution in [1.29, 1.82) is 0 Å². The average molecular weight is 216 g/mol. The molecule has 0 aliphatic rings. The highest BCUT2D eigenvalue weighted by Crippen LogP contribution is 2.17. The summed E-state index contributed by atoms with van der Waals surface area (Å²) in [5.74, 6) is 0. The van der Waals surface area contributed by atoms with Crippen molar-refractivity contribution in [1.82, 2.24) is 0 Å². The molecule has 1 heteroatoms. The summed E-state index contributed by atoms with van der Waals surface area (Å²) < 4.78 is 16.1. The highest BCUT2D eigenvalue weighted by Gasteiger charge is 1.93. The first-order chi connectivity index (χ1) is 8.27. The summed E-state index contributed by atoms with van der Waals surface area (Å²) in [6, 6.07) is 19.3. The van der Waals surface area contributed by atoms with Crippen molar-refractivity contribution in [2.24, 2.45) is 0 Å². The van der Waals surface area contributed by atoms with Crippen LogP contribution in [0.5, 0.6) is 0 Å². The first-order valence-corrected chi connectivity index (χ1v) is 5.81. The summed E-state index contributed by atoms with van der Waals surface area (Å²) in [5.41, 5.74) is 1.09. The topological polar surface area (TPSA) is 0 Å². The van der Waals surface area contributed by atoms with E-state index in [0.29, 0.717) is 0 Å². The second kappa shape index (κ2) is 5.62. The third-order valence-corrected chi connectivity index (χ3v) is 2.82. The van der Waals surface area contributed by atoms with Gasteiger partial charge in [-0.1, -0.05) is 60.7 Å². The van der Waals surface area contributed by atoms with Crippen molar-refractivity contribution in [3.05, 3.63) is 71.8 Å². The first-order valence-electron chi connectivity index (χ1n) is 6.02. The van der Waals surface area contributed by atoms with Gasteiger partial charge in [0, 0.05) is 14.2 Å². The molecule has 0 saturated carbocycles. The minimum atomic E-state index is -0.404. The maximum absolute atomic E-state index is 8.04.